The second-order valence-corrected chi connectivity index (χ2v) is 10.8. The van der Waals surface area contributed by atoms with Crippen LogP contribution in [-0.4, -0.2) is 0 Å². The Hall–Kier alpha value is -4.86. The van der Waals surface area contributed by atoms with Crippen molar-refractivity contribution in [3.05, 3.63) is 140 Å². The molecule has 0 fully saturated rings. The van der Waals surface area contributed by atoms with Gasteiger partial charge in [0.1, 0.15) is 11.2 Å². The van der Waals surface area contributed by atoms with E-state index in [2.05, 4.69) is 144 Å². The van der Waals surface area contributed by atoms with Crippen LogP contribution in [0.5, 0.6) is 0 Å². The van der Waals surface area contributed by atoms with Crippen molar-refractivity contribution < 1.29 is 4.42 Å². The Bertz CT molecular complexity index is 2070. The molecule has 8 rings (SSSR count). The standard InChI is InChI=1S/C36H23NOS/c1-3-10-25(11-4-1)37(26-12-5-2-6-13-26)27-20-18-24(19-21-27)28-15-9-16-31-34(28)35-32(38-31)23-22-30-29-14-7-8-17-33(29)39-36(30)35/h1-23H. The van der Waals surface area contributed by atoms with E-state index in [0.717, 1.165) is 28.2 Å². The fraction of sp³-hybridized carbons (Fsp3) is 0. The zero-order valence-corrected chi connectivity index (χ0v) is 21.9. The van der Waals surface area contributed by atoms with Crippen LogP contribution >= 0.6 is 11.3 Å². The van der Waals surface area contributed by atoms with Gasteiger partial charge in [0.2, 0.25) is 0 Å². The first-order chi connectivity index (χ1) is 19.3. The summed E-state index contributed by atoms with van der Waals surface area (Å²) in [5.41, 5.74) is 7.60. The van der Waals surface area contributed by atoms with Gasteiger partial charge in [-0.3, -0.25) is 0 Å². The van der Waals surface area contributed by atoms with Crippen molar-refractivity contribution in [2.45, 2.75) is 0 Å². The third-order valence-electron chi connectivity index (χ3n) is 7.47. The van der Waals surface area contributed by atoms with E-state index in [1.54, 1.807) is 0 Å². The number of thiophene rings is 1. The van der Waals surface area contributed by atoms with E-state index in [4.69, 9.17) is 4.42 Å². The molecule has 2 aromatic heterocycles. The molecule has 0 atom stereocenters. The van der Waals surface area contributed by atoms with Crippen molar-refractivity contribution in [1.29, 1.82) is 0 Å². The van der Waals surface area contributed by atoms with Crippen LogP contribution in [0.15, 0.2) is 144 Å². The van der Waals surface area contributed by atoms with Gasteiger partial charge < -0.3 is 9.32 Å². The monoisotopic (exact) mass is 517 g/mol. The lowest BCUT2D eigenvalue weighted by Gasteiger charge is -2.25. The van der Waals surface area contributed by atoms with Gasteiger partial charge in [-0.15, -0.1) is 11.3 Å². The van der Waals surface area contributed by atoms with Crippen LogP contribution in [0.3, 0.4) is 0 Å². The Labute approximate surface area is 230 Å². The molecule has 8 aromatic rings. The molecule has 0 saturated carbocycles. The highest BCUT2D eigenvalue weighted by Crippen LogP contribution is 2.45. The fourth-order valence-corrected chi connectivity index (χ4v) is 6.96. The van der Waals surface area contributed by atoms with Gasteiger partial charge in [-0.25, -0.2) is 0 Å². The third-order valence-corrected chi connectivity index (χ3v) is 8.67. The smallest absolute Gasteiger partial charge is 0.136 e. The number of hydrogen-bond acceptors (Lipinski definition) is 3. The second kappa shape index (κ2) is 8.87. The fourth-order valence-electron chi connectivity index (χ4n) is 5.72. The van der Waals surface area contributed by atoms with E-state index >= 15 is 0 Å². The lowest BCUT2D eigenvalue weighted by molar-refractivity contribution is 0.669. The number of rotatable bonds is 4. The van der Waals surface area contributed by atoms with Crippen molar-refractivity contribution in [1.82, 2.24) is 0 Å². The quantitative estimate of drug-likeness (QED) is 0.231. The summed E-state index contributed by atoms with van der Waals surface area (Å²) in [7, 11) is 0. The average Bonchev–Trinajstić information content (AvgIpc) is 3.57. The van der Waals surface area contributed by atoms with E-state index in [0.29, 0.717) is 0 Å². The molecule has 39 heavy (non-hydrogen) atoms. The Kier molecular flexibility index (Phi) is 5.04. The lowest BCUT2D eigenvalue weighted by atomic mass is 9.98. The number of furan rings is 1. The van der Waals surface area contributed by atoms with Gasteiger partial charge in [-0.1, -0.05) is 78.9 Å². The maximum atomic E-state index is 6.39. The van der Waals surface area contributed by atoms with Crippen LogP contribution < -0.4 is 4.90 Å². The summed E-state index contributed by atoms with van der Waals surface area (Å²) < 4.78 is 8.99. The number of para-hydroxylation sites is 2. The van der Waals surface area contributed by atoms with E-state index in [1.807, 2.05) is 11.3 Å². The van der Waals surface area contributed by atoms with E-state index in [-0.39, 0.29) is 0 Å². The highest BCUT2D eigenvalue weighted by atomic mass is 32.1. The highest BCUT2D eigenvalue weighted by Gasteiger charge is 2.18. The normalized spacial score (nSPS) is 11.6. The molecular formula is C36H23NOS. The molecule has 184 valence electrons. The first-order valence-corrected chi connectivity index (χ1v) is 13.9. The molecule has 0 aliphatic carbocycles. The molecule has 0 unspecified atom stereocenters. The van der Waals surface area contributed by atoms with Crippen LogP contribution in [-0.2, 0) is 0 Å². The maximum absolute atomic E-state index is 6.39. The van der Waals surface area contributed by atoms with Gasteiger partial charge in [0.25, 0.3) is 0 Å². The van der Waals surface area contributed by atoms with E-state index in [9.17, 15) is 0 Å². The average molecular weight is 518 g/mol. The van der Waals surface area contributed by atoms with Crippen LogP contribution in [0.2, 0.25) is 0 Å². The zero-order valence-electron chi connectivity index (χ0n) is 21.0. The number of fused-ring (bicyclic) bond motifs is 7. The molecule has 0 N–H and O–H groups in total. The predicted octanol–water partition coefficient (Wildman–Crippen LogP) is 11.1. The van der Waals surface area contributed by atoms with E-state index in [1.165, 1.54) is 42.1 Å². The molecule has 0 radical (unpaired) electrons. The number of benzene rings is 6. The topological polar surface area (TPSA) is 16.4 Å². The zero-order chi connectivity index (χ0) is 25.8. The minimum absolute atomic E-state index is 0.923. The SMILES string of the molecule is c1ccc(N(c2ccccc2)c2ccc(-c3cccc4oc5ccc6c7ccccc7sc6c5c34)cc2)cc1. The molecule has 0 bridgehead atoms. The Morgan fingerprint density at radius 2 is 1.10 bits per heavy atom. The number of hydrogen-bond donors (Lipinski definition) is 0. The van der Waals surface area contributed by atoms with Gasteiger partial charge in [0.15, 0.2) is 0 Å². The number of anilines is 3. The molecule has 2 heterocycles. The summed E-state index contributed by atoms with van der Waals surface area (Å²) in [5.74, 6) is 0. The molecule has 2 nitrogen and oxygen atoms in total. The van der Waals surface area contributed by atoms with E-state index < -0.39 is 0 Å². The van der Waals surface area contributed by atoms with Crippen molar-refractivity contribution in [3.63, 3.8) is 0 Å². The summed E-state index contributed by atoms with van der Waals surface area (Å²) in [4.78, 5) is 2.29. The predicted molar refractivity (Wildman–Crippen MR) is 167 cm³/mol. The van der Waals surface area contributed by atoms with Crippen LogP contribution in [0.4, 0.5) is 17.1 Å². The molecule has 0 saturated heterocycles. The van der Waals surface area contributed by atoms with Crippen molar-refractivity contribution in [3.8, 4) is 11.1 Å². The van der Waals surface area contributed by atoms with Gasteiger partial charge in [-0.2, -0.15) is 0 Å². The van der Waals surface area contributed by atoms with Crippen LogP contribution in [0.1, 0.15) is 0 Å². The summed E-state index contributed by atoms with van der Waals surface area (Å²) in [6, 6.07) is 49.3. The largest absolute Gasteiger partial charge is 0.456 e. The van der Waals surface area contributed by atoms with Crippen LogP contribution in [0, 0.1) is 0 Å². The maximum Gasteiger partial charge on any atom is 0.136 e. The highest BCUT2D eigenvalue weighted by molar-refractivity contribution is 7.26. The minimum Gasteiger partial charge on any atom is -0.456 e. The minimum atomic E-state index is 0.923. The molecule has 0 spiro atoms. The molecule has 6 aromatic carbocycles. The summed E-state index contributed by atoms with van der Waals surface area (Å²) in [6.45, 7) is 0. The first-order valence-electron chi connectivity index (χ1n) is 13.1. The van der Waals surface area contributed by atoms with Gasteiger partial charge >= 0.3 is 0 Å². The first kappa shape index (κ1) is 22.2. The molecule has 0 amide bonds. The van der Waals surface area contributed by atoms with Gasteiger partial charge in [0, 0.05) is 48.0 Å². The van der Waals surface area contributed by atoms with Gasteiger partial charge in [-0.05, 0) is 71.8 Å². The Morgan fingerprint density at radius 3 is 1.85 bits per heavy atom. The molecular weight excluding hydrogens is 494 g/mol. The Balaban J connectivity index is 1.31. The summed E-state index contributed by atoms with van der Waals surface area (Å²) in [5, 5.41) is 4.98. The Morgan fingerprint density at radius 1 is 0.462 bits per heavy atom. The third kappa shape index (κ3) is 3.55. The summed E-state index contributed by atoms with van der Waals surface area (Å²) >= 11 is 1.85. The summed E-state index contributed by atoms with van der Waals surface area (Å²) in [6.07, 6.45) is 0. The second-order valence-electron chi connectivity index (χ2n) is 9.75. The van der Waals surface area contributed by atoms with Crippen molar-refractivity contribution >= 4 is 70.5 Å². The molecule has 0 aliphatic rings. The van der Waals surface area contributed by atoms with Crippen molar-refractivity contribution in [2.24, 2.45) is 0 Å². The number of nitrogens with zero attached hydrogens (tertiary/aromatic N) is 1. The molecule has 3 heteroatoms. The van der Waals surface area contributed by atoms with Crippen LogP contribution in [0.25, 0.3) is 53.2 Å². The lowest BCUT2D eigenvalue weighted by Crippen LogP contribution is -2.09. The van der Waals surface area contributed by atoms with Crippen molar-refractivity contribution in [2.75, 3.05) is 4.90 Å². The van der Waals surface area contributed by atoms with Gasteiger partial charge in [0.05, 0.1) is 0 Å². The molecule has 0 aliphatic heterocycles.